The maximum atomic E-state index is 14.2. The van der Waals surface area contributed by atoms with Gasteiger partial charge in [-0.2, -0.15) is 10.5 Å². The van der Waals surface area contributed by atoms with Gasteiger partial charge in [0.25, 0.3) is 0 Å². The third-order valence-electron chi connectivity index (χ3n) is 7.50. The molecule has 0 aliphatic carbocycles. The number of ketones is 1. The SMILES string of the molecule is N#CC1(C#N)C2c3ccccc3C=CN2[C@@H](C(=O)c2ccc(Cl)cc2)[C@@H]1c1cccc2ccccc12. The topological polar surface area (TPSA) is 67.9 Å². The summed E-state index contributed by atoms with van der Waals surface area (Å²) in [6.07, 6.45) is 3.83. The second kappa shape index (κ2) is 8.38. The molecule has 4 nitrogen and oxygen atoms in total. The minimum Gasteiger partial charge on any atom is -0.357 e. The zero-order valence-electron chi connectivity index (χ0n) is 19.2. The van der Waals surface area contributed by atoms with Crippen LogP contribution < -0.4 is 0 Å². The lowest BCUT2D eigenvalue weighted by molar-refractivity contribution is 0.0875. The molecule has 36 heavy (non-hydrogen) atoms. The fourth-order valence-corrected chi connectivity index (χ4v) is 6.07. The number of carbonyl (C=O) groups is 1. The Hall–Kier alpha value is -4.38. The largest absolute Gasteiger partial charge is 0.357 e. The Labute approximate surface area is 214 Å². The molecule has 1 unspecified atom stereocenters. The maximum absolute atomic E-state index is 14.2. The van der Waals surface area contributed by atoms with E-state index in [1.807, 2.05) is 83.9 Å². The van der Waals surface area contributed by atoms with Gasteiger partial charge in [-0.1, -0.05) is 78.3 Å². The summed E-state index contributed by atoms with van der Waals surface area (Å²) in [5.74, 6) is -0.839. The van der Waals surface area contributed by atoms with Gasteiger partial charge in [-0.25, -0.2) is 0 Å². The quantitative estimate of drug-likeness (QED) is 0.296. The van der Waals surface area contributed by atoms with E-state index in [1.165, 1.54) is 0 Å². The van der Waals surface area contributed by atoms with E-state index in [2.05, 4.69) is 12.1 Å². The highest BCUT2D eigenvalue weighted by Gasteiger charge is 2.64. The maximum Gasteiger partial charge on any atom is 0.185 e. The van der Waals surface area contributed by atoms with E-state index in [9.17, 15) is 15.3 Å². The molecule has 172 valence electrons. The minimum atomic E-state index is -1.50. The van der Waals surface area contributed by atoms with Crippen LogP contribution in [-0.2, 0) is 0 Å². The Morgan fingerprint density at radius 1 is 0.833 bits per heavy atom. The Morgan fingerprint density at radius 2 is 1.50 bits per heavy atom. The van der Waals surface area contributed by atoms with Gasteiger partial charge in [0.1, 0.15) is 6.04 Å². The van der Waals surface area contributed by atoms with Crippen LogP contribution in [0.5, 0.6) is 0 Å². The van der Waals surface area contributed by atoms with Crippen LogP contribution in [0.1, 0.15) is 39.0 Å². The first-order valence-electron chi connectivity index (χ1n) is 11.7. The van der Waals surface area contributed by atoms with Crippen molar-refractivity contribution < 1.29 is 4.79 Å². The van der Waals surface area contributed by atoms with Crippen molar-refractivity contribution in [2.45, 2.75) is 18.0 Å². The fourth-order valence-electron chi connectivity index (χ4n) is 5.94. The number of hydrogen-bond acceptors (Lipinski definition) is 4. The van der Waals surface area contributed by atoms with Crippen molar-refractivity contribution in [1.29, 1.82) is 10.5 Å². The van der Waals surface area contributed by atoms with E-state index in [0.29, 0.717) is 10.6 Å². The highest BCUT2D eigenvalue weighted by atomic mass is 35.5. The minimum absolute atomic E-state index is 0.147. The lowest BCUT2D eigenvalue weighted by Gasteiger charge is -2.34. The molecular formula is C31H20ClN3O. The third kappa shape index (κ3) is 3.09. The summed E-state index contributed by atoms with van der Waals surface area (Å²) in [7, 11) is 0. The normalized spacial score (nSPS) is 21.3. The zero-order chi connectivity index (χ0) is 24.9. The number of nitriles is 2. The van der Waals surface area contributed by atoms with Gasteiger partial charge in [0.05, 0.1) is 18.2 Å². The molecule has 0 amide bonds. The molecule has 4 aromatic rings. The number of hydrogen-bond donors (Lipinski definition) is 0. The molecule has 0 N–H and O–H groups in total. The highest BCUT2D eigenvalue weighted by molar-refractivity contribution is 6.30. The zero-order valence-corrected chi connectivity index (χ0v) is 19.9. The first kappa shape index (κ1) is 22.1. The second-order valence-electron chi connectivity index (χ2n) is 9.25. The van der Waals surface area contributed by atoms with Crippen molar-refractivity contribution in [3.63, 3.8) is 0 Å². The molecule has 1 fully saturated rings. The van der Waals surface area contributed by atoms with E-state index >= 15 is 0 Å². The second-order valence-corrected chi connectivity index (χ2v) is 9.69. The van der Waals surface area contributed by atoms with E-state index < -0.39 is 23.4 Å². The molecule has 2 aliphatic heterocycles. The summed E-state index contributed by atoms with van der Waals surface area (Å²) in [5, 5.41) is 24.0. The third-order valence-corrected chi connectivity index (χ3v) is 7.75. The molecule has 0 aromatic heterocycles. The van der Waals surface area contributed by atoms with Crippen LogP contribution in [0, 0.1) is 28.1 Å². The number of nitrogens with zero attached hydrogens (tertiary/aromatic N) is 3. The molecule has 0 bridgehead atoms. The van der Waals surface area contributed by atoms with Crippen molar-refractivity contribution in [2.75, 3.05) is 0 Å². The molecule has 2 heterocycles. The van der Waals surface area contributed by atoms with Crippen LogP contribution in [-0.4, -0.2) is 16.7 Å². The van der Waals surface area contributed by atoms with Crippen LogP contribution >= 0.6 is 11.6 Å². The van der Waals surface area contributed by atoms with Crippen LogP contribution in [0.25, 0.3) is 16.8 Å². The monoisotopic (exact) mass is 485 g/mol. The summed E-state index contributed by atoms with van der Waals surface area (Å²) in [4.78, 5) is 16.2. The Bertz CT molecular complexity index is 1610. The summed E-state index contributed by atoms with van der Waals surface area (Å²) in [5.41, 5.74) is 1.64. The molecule has 4 aromatic carbocycles. The first-order chi connectivity index (χ1) is 17.6. The Balaban J connectivity index is 1.66. The standard InChI is InChI=1S/C31H20ClN3O/c32-23-14-12-22(13-15-23)29(36)28-27(26-11-5-8-20-6-1-3-9-24(20)26)31(18-33,19-34)30-25-10-4-2-7-21(25)16-17-35(28)30/h1-17,27-28,30H/t27-,28+,30?/m0/s1. The van der Waals surface area contributed by atoms with E-state index in [4.69, 9.17) is 11.6 Å². The molecule has 0 radical (unpaired) electrons. The Morgan fingerprint density at radius 3 is 2.28 bits per heavy atom. The van der Waals surface area contributed by atoms with Gasteiger partial charge in [0.15, 0.2) is 11.2 Å². The van der Waals surface area contributed by atoms with Gasteiger partial charge in [0.2, 0.25) is 0 Å². The fraction of sp³-hybridized carbons (Fsp3) is 0.129. The summed E-state index contributed by atoms with van der Waals surface area (Å²) in [6.45, 7) is 0. The average Bonchev–Trinajstić information content (AvgIpc) is 3.23. The summed E-state index contributed by atoms with van der Waals surface area (Å²) in [6, 6.07) is 31.9. The van der Waals surface area contributed by atoms with E-state index in [0.717, 1.165) is 27.5 Å². The molecule has 1 saturated heterocycles. The van der Waals surface area contributed by atoms with Crippen molar-refractivity contribution >= 4 is 34.2 Å². The average molecular weight is 486 g/mol. The van der Waals surface area contributed by atoms with Gasteiger partial charge < -0.3 is 4.90 Å². The number of fused-ring (bicyclic) bond motifs is 4. The molecule has 5 heteroatoms. The molecule has 6 rings (SSSR count). The van der Waals surface area contributed by atoms with Gasteiger partial charge in [-0.15, -0.1) is 0 Å². The van der Waals surface area contributed by atoms with Crippen molar-refractivity contribution in [3.05, 3.63) is 124 Å². The Kier molecular flexibility index (Phi) is 5.15. The molecule has 3 atom stereocenters. The summed E-state index contributed by atoms with van der Waals surface area (Å²) >= 11 is 6.10. The molecule has 0 saturated carbocycles. The number of carbonyl (C=O) groups excluding carboxylic acids is 1. The van der Waals surface area contributed by atoms with Crippen LogP contribution in [0.15, 0.2) is 97.2 Å². The van der Waals surface area contributed by atoms with Crippen LogP contribution in [0.2, 0.25) is 5.02 Å². The van der Waals surface area contributed by atoms with E-state index in [-0.39, 0.29) is 5.78 Å². The molecule has 2 aliphatic rings. The van der Waals surface area contributed by atoms with Gasteiger partial charge >= 0.3 is 0 Å². The number of Topliss-reactive ketones (excluding diaryl/α,β-unsaturated/α-hetero) is 1. The van der Waals surface area contributed by atoms with E-state index in [1.54, 1.807) is 24.3 Å². The summed E-state index contributed by atoms with van der Waals surface area (Å²) < 4.78 is 0. The number of halogens is 1. The first-order valence-corrected chi connectivity index (χ1v) is 12.1. The smallest absolute Gasteiger partial charge is 0.185 e. The van der Waals surface area contributed by atoms with Gasteiger partial charge in [0, 0.05) is 22.7 Å². The molecule has 0 spiro atoms. The van der Waals surface area contributed by atoms with Crippen molar-refractivity contribution in [3.8, 4) is 12.1 Å². The number of rotatable bonds is 3. The van der Waals surface area contributed by atoms with Gasteiger partial charge in [-0.3, -0.25) is 4.79 Å². The predicted molar refractivity (Wildman–Crippen MR) is 140 cm³/mol. The lowest BCUT2D eigenvalue weighted by Crippen LogP contribution is -2.37. The van der Waals surface area contributed by atoms with Crippen molar-refractivity contribution in [1.82, 2.24) is 4.90 Å². The van der Waals surface area contributed by atoms with Crippen LogP contribution in [0.4, 0.5) is 0 Å². The highest BCUT2D eigenvalue weighted by Crippen LogP contribution is 2.60. The predicted octanol–water partition coefficient (Wildman–Crippen LogP) is 6.90. The lowest BCUT2D eigenvalue weighted by atomic mass is 9.67. The van der Waals surface area contributed by atoms with Crippen LogP contribution in [0.3, 0.4) is 0 Å². The van der Waals surface area contributed by atoms with Gasteiger partial charge in [-0.05, 0) is 57.8 Å². The number of benzene rings is 4. The van der Waals surface area contributed by atoms with Crippen molar-refractivity contribution in [2.24, 2.45) is 5.41 Å². The molecular weight excluding hydrogens is 466 g/mol.